The van der Waals surface area contributed by atoms with Crippen LogP contribution in [-0.4, -0.2) is 12.0 Å². The summed E-state index contributed by atoms with van der Waals surface area (Å²) in [5, 5.41) is 10.6. The molecule has 0 saturated carbocycles. The fourth-order valence-electron chi connectivity index (χ4n) is 1.18. The maximum absolute atomic E-state index is 13.4. The average Bonchev–Trinajstić information content (AvgIpc) is 2.16. The van der Waals surface area contributed by atoms with Crippen LogP contribution in [0.4, 0.5) is 10.1 Å². The van der Waals surface area contributed by atoms with E-state index in [1.807, 2.05) is 0 Å². The average molecular weight is 211 g/mol. The summed E-state index contributed by atoms with van der Waals surface area (Å²) in [4.78, 5) is 10.0. The van der Waals surface area contributed by atoms with E-state index in [-0.39, 0.29) is 17.0 Å². The lowest BCUT2D eigenvalue weighted by molar-refractivity contribution is -0.385. The van der Waals surface area contributed by atoms with Gasteiger partial charge in [0.1, 0.15) is 5.82 Å². The second-order valence-corrected chi connectivity index (χ2v) is 3.04. The summed E-state index contributed by atoms with van der Waals surface area (Å²) in [6.45, 7) is 5.12. The summed E-state index contributed by atoms with van der Waals surface area (Å²) in [7, 11) is 1.25. The van der Waals surface area contributed by atoms with Crippen molar-refractivity contribution in [2.75, 3.05) is 7.11 Å². The highest BCUT2D eigenvalue weighted by Crippen LogP contribution is 2.31. The maximum Gasteiger partial charge on any atom is 0.311 e. The first kappa shape index (κ1) is 11.2. The molecule has 0 unspecified atom stereocenters. The van der Waals surface area contributed by atoms with Crippen LogP contribution in [0, 0.1) is 15.9 Å². The first-order chi connectivity index (χ1) is 6.97. The van der Waals surface area contributed by atoms with Gasteiger partial charge >= 0.3 is 5.69 Å². The van der Waals surface area contributed by atoms with Crippen molar-refractivity contribution in [3.63, 3.8) is 0 Å². The van der Waals surface area contributed by atoms with Gasteiger partial charge in [-0.2, -0.15) is 0 Å². The number of allylic oxidation sites excluding steroid dienone is 1. The van der Waals surface area contributed by atoms with E-state index in [1.165, 1.54) is 7.11 Å². The number of nitro groups is 1. The number of hydrogen-bond acceptors (Lipinski definition) is 3. The molecular weight excluding hydrogens is 201 g/mol. The van der Waals surface area contributed by atoms with E-state index in [2.05, 4.69) is 6.58 Å². The second-order valence-electron chi connectivity index (χ2n) is 3.04. The Morgan fingerprint density at radius 2 is 2.20 bits per heavy atom. The quantitative estimate of drug-likeness (QED) is 0.570. The van der Waals surface area contributed by atoms with Gasteiger partial charge in [0.15, 0.2) is 5.75 Å². The van der Waals surface area contributed by atoms with E-state index in [1.54, 1.807) is 6.92 Å². The molecule has 5 heteroatoms. The third kappa shape index (κ3) is 2.12. The minimum absolute atomic E-state index is 0.0949. The molecule has 80 valence electrons. The molecule has 0 aliphatic carbocycles. The van der Waals surface area contributed by atoms with E-state index in [0.29, 0.717) is 5.57 Å². The van der Waals surface area contributed by atoms with Crippen LogP contribution in [0.3, 0.4) is 0 Å². The van der Waals surface area contributed by atoms with Gasteiger partial charge < -0.3 is 4.74 Å². The number of rotatable bonds is 3. The van der Waals surface area contributed by atoms with Crippen LogP contribution in [0.1, 0.15) is 12.5 Å². The van der Waals surface area contributed by atoms with E-state index >= 15 is 0 Å². The van der Waals surface area contributed by atoms with Crippen LogP contribution < -0.4 is 4.74 Å². The molecule has 1 aromatic rings. The van der Waals surface area contributed by atoms with Crippen LogP contribution in [0.15, 0.2) is 18.7 Å². The van der Waals surface area contributed by atoms with Crippen molar-refractivity contribution >= 4 is 11.3 Å². The van der Waals surface area contributed by atoms with Crippen LogP contribution in [-0.2, 0) is 0 Å². The van der Waals surface area contributed by atoms with E-state index in [9.17, 15) is 14.5 Å². The Morgan fingerprint density at radius 3 is 2.60 bits per heavy atom. The van der Waals surface area contributed by atoms with Gasteiger partial charge in [0.2, 0.25) is 0 Å². The van der Waals surface area contributed by atoms with Crippen LogP contribution in [0.5, 0.6) is 5.75 Å². The lowest BCUT2D eigenvalue weighted by Crippen LogP contribution is -1.97. The summed E-state index contributed by atoms with van der Waals surface area (Å²) < 4.78 is 18.1. The van der Waals surface area contributed by atoms with Gasteiger partial charge in [0.05, 0.1) is 12.0 Å². The SMILES string of the molecule is C=C(C)c1cc([N+](=O)[O-])c(OC)cc1F. The Balaban J connectivity index is 3.43. The number of methoxy groups -OCH3 is 1. The summed E-state index contributed by atoms with van der Waals surface area (Å²) in [6.07, 6.45) is 0. The Kier molecular flexibility index (Phi) is 3.04. The molecule has 0 amide bonds. The minimum atomic E-state index is -0.620. The predicted molar refractivity (Wildman–Crippen MR) is 54.3 cm³/mol. The molecule has 0 radical (unpaired) electrons. The Morgan fingerprint density at radius 1 is 1.60 bits per heavy atom. The van der Waals surface area contributed by atoms with Crippen molar-refractivity contribution in [2.24, 2.45) is 0 Å². The Hall–Kier alpha value is -1.91. The van der Waals surface area contributed by atoms with Crippen molar-refractivity contribution in [3.8, 4) is 5.75 Å². The molecule has 0 aromatic heterocycles. The van der Waals surface area contributed by atoms with Gasteiger partial charge in [-0.05, 0) is 12.5 Å². The number of ether oxygens (including phenoxy) is 1. The normalized spacial score (nSPS) is 9.80. The lowest BCUT2D eigenvalue weighted by Gasteiger charge is -2.06. The van der Waals surface area contributed by atoms with E-state index in [4.69, 9.17) is 4.74 Å². The van der Waals surface area contributed by atoms with Crippen molar-refractivity contribution < 1.29 is 14.1 Å². The summed E-state index contributed by atoms with van der Waals surface area (Å²) in [6, 6.07) is 2.11. The third-order valence-corrected chi connectivity index (χ3v) is 1.93. The summed E-state index contributed by atoms with van der Waals surface area (Å²) in [5.74, 6) is -0.674. The highest BCUT2D eigenvalue weighted by atomic mass is 19.1. The number of halogens is 1. The van der Waals surface area contributed by atoms with Gasteiger partial charge in [-0.1, -0.05) is 6.58 Å². The molecule has 0 saturated heterocycles. The molecule has 0 N–H and O–H groups in total. The standard InChI is InChI=1S/C10H10FNO3/c1-6(2)7-4-9(12(13)14)10(15-3)5-8(7)11/h4-5H,1H2,2-3H3. The topological polar surface area (TPSA) is 52.4 Å². The van der Waals surface area contributed by atoms with Gasteiger partial charge in [-0.3, -0.25) is 10.1 Å². The zero-order valence-corrected chi connectivity index (χ0v) is 8.41. The molecule has 0 fully saturated rings. The molecule has 0 spiro atoms. The van der Waals surface area contributed by atoms with E-state index in [0.717, 1.165) is 12.1 Å². The fraction of sp³-hybridized carbons (Fsp3) is 0.200. The van der Waals surface area contributed by atoms with Gasteiger partial charge in [0.25, 0.3) is 0 Å². The largest absolute Gasteiger partial charge is 0.490 e. The molecule has 0 atom stereocenters. The van der Waals surface area contributed by atoms with Crippen LogP contribution in [0.2, 0.25) is 0 Å². The molecule has 0 bridgehead atoms. The first-order valence-corrected chi connectivity index (χ1v) is 4.15. The monoisotopic (exact) mass is 211 g/mol. The molecule has 15 heavy (non-hydrogen) atoms. The zero-order valence-electron chi connectivity index (χ0n) is 8.41. The zero-order chi connectivity index (χ0) is 11.6. The third-order valence-electron chi connectivity index (χ3n) is 1.93. The molecule has 0 heterocycles. The van der Waals surface area contributed by atoms with Crippen molar-refractivity contribution in [2.45, 2.75) is 6.92 Å². The smallest absolute Gasteiger partial charge is 0.311 e. The molecule has 0 aliphatic rings. The van der Waals surface area contributed by atoms with Crippen molar-refractivity contribution in [1.29, 1.82) is 0 Å². The molecule has 4 nitrogen and oxygen atoms in total. The molecular formula is C10H10FNO3. The Labute approximate surface area is 86.1 Å². The second kappa shape index (κ2) is 4.08. The molecule has 1 aromatic carbocycles. The summed E-state index contributed by atoms with van der Waals surface area (Å²) >= 11 is 0. The first-order valence-electron chi connectivity index (χ1n) is 4.15. The molecule has 1 rings (SSSR count). The van der Waals surface area contributed by atoms with E-state index < -0.39 is 10.7 Å². The van der Waals surface area contributed by atoms with Gasteiger partial charge in [0, 0.05) is 17.7 Å². The minimum Gasteiger partial charge on any atom is -0.490 e. The van der Waals surface area contributed by atoms with Crippen LogP contribution >= 0.6 is 0 Å². The lowest BCUT2D eigenvalue weighted by atomic mass is 10.1. The number of nitrogens with zero attached hydrogens (tertiary/aromatic N) is 1. The van der Waals surface area contributed by atoms with Crippen molar-refractivity contribution in [1.82, 2.24) is 0 Å². The Bertz CT molecular complexity index is 429. The fourth-order valence-corrected chi connectivity index (χ4v) is 1.18. The summed E-state index contributed by atoms with van der Waals surface area (Å²) in [5.41, 5.74) is 0.289. The van der Waals surface area contributed by atoms with Gasteiger partial charge in [-0.25, -0.2) is 4.39 Å². The highest BCUT2D eigenvalue weighted by Gasteiger charge is 2.19. The van der Waals surface area contributed by atoms with Crippen LogP contribution in [0.25, 0.3) is 5.57 Å². The molecule has 0 aliphatic heterocycles. The number of nitro benzene ring substituents is 1. The maximum atomic E-state index is 13.4. The number of hydrogen-bond donors (Lipinski definition) is 0. The highest BCUT2D eigenvalue weighted by molar-refractivity contribution is 5.66. The predicted octanol–water partition coefficient (Wildman–Crippen LogP) is 2.78. The van der Waals surface area contributed by atoms with Gasteiger partial charge in [-0.15, -0.1) is 0 Å². The number of benzene rings is 1. The van der Waals surface area contributed by atoms with Crippen molar-refractivity contribution in [3.05, 3.63) is 40.2 Å².